The zero-order valence-electron chi connectivity index (χ0n) is 46.9. The minimum Gasteiger partial charge on any atom is -0.489 e. The fourth-order valence-electron chi connectivity index (χ4n) is 11.5. The van der Waals surface area contributed by atoms with Gasteiger partial charge in [0.15, 0.2) is 5.78 Å². The molecule has 4 aliphatic rings. The van der Waals surface area contributed by atoms with Crippen LogP contribution in [-0.2, 0) is 54.6 Å². The van der Waals surface area contributed by atoms with Gasteiger partial charge >= 0.3 is 0 Å². The van der Waals surface area contributed by atoms with Crippen molar-refractivity contribution in [3.8, 4) is 5.75 Å². The highest BCUT2D eigenvalue weighted by Crippen LogP contribution is 2.35. The summed E-state index contributed by atoms with van der Waals surface area (Å²) >= 11 is 0. The standard InChI is InChI=1S/C63H80N8O8/c1-38(64-6)57(73)69-53(55(72)49-22-12-13-23-50(49)60(76)67-51-24-14-18-42-16-8-10-20-47(42)51)34-40-28-32-46(33-29-40)79-37-41-26-30-44(31-27-41)59(75)66-45-35-54(61(77)68-52-25-15-19-43-17-9-11-21-48(43)52)71(36-45)62(78)56(63(3,4)5)70-58(74)39(2)65-7/h8-13,16-17,20-21,26-33,38-39,45,49-54,56,64-65H,14-15,18-19,22-25,34-37H2,1-7H3,(H,66,75)(H,67,76)(H,68,77)(H,69,73)(H,70,74)/t38-,39-,45-,49+,50-,51+,52+,53-,54-,56+/m0/s1. The molecular formula is C63H80N8O8. The van der Waals surface area contributed by atoms with Gasteiger partial charge in [-0.05, 0) is 155 Å². The molecule has 16 heteroatoms. The molecule has 1 heterocycles. The molecule has 6 amide bonds. The molecular weight excluding hydrogens is 997 g/mol. The number of carbonyl (C=O) groups excluding carboxylic acids is 7. The summed E-state index contributed by atoms with van der Waals surface area (Å²) < 4.78 is 6.16. The van der Waals surface area contributed by atoms with Crippen LogP contribution in [0.4, 0.5) is 0 Å². The second kappa shape index (κ2) is 26.2. The molecule has 0 aromatic heterocycles. The fraction of sp³-hybridized carbons (Fsp3) is 0.476. The van der Waals surface area contributed by atoms with Gasteiger partial charge in [0.2, 0.25) is 29.5 Å². The molecule has 4 aromatic rings. The Morgan fingerprint density at radius 1 is 0.646 bits per heavy atom. The fourth-order valence-corrected chi connectivity index (χ4v) is 11.5. The van der Waals surface area contributed by atoms with Gasteiger partial charge in [0.05, 0.1) is 36.1 Å². The first kappa shape index (κ1) is 58.0. The summed E-state index contributed by atoms with van der Waals surface area (Å²) in [5.74, 6) is -2.62. The number of amides is 6. The molecule has 1 fully saturated rings. The molecule has 8 rings (SSSR count). The lowest BCUT2D eigenvalue weighted by atomic mass is 9.76. The number of Topliss-reactive ketones (excluding diaryl/α,β-unsaturated/α-hetero) is 1. The van der Waals surface area contributed by atoms with Crippen LogP contribution in [-0.4, -0.2) is 103 Å². The first-order valence-electron chi connectivity index (χ1n) is 28.2. The molecule has 1 saturated heterocycles. The van der Waals surface area contributed by atoms with Crippen molar-refractivity contribution in [1.82, 2.24) is 42.1 Å². The summed E-state index contributed by atoms with van der Waals surface area (Å²) in [4.78, 5) is 99.4. The Hall–Kier alpha value is -7.17. The van der Waals surface area contributed by atoms with Crippen molar-refractivity contribution in [2.24, 2.45) is 17.3 Å². The van der Waals surface area contributed by atoms with Gasteiger partial charge in [0.1, 0.15) is 24.4 Å². The van der Waals surface area contributed by atoms with E-state index in [1.165, 1.54) is 16.0 Å². The van der Waals surface area contributed by atoms with Crippen LogP contribution < -0.4 is 42.0 Å². The molecule has 0 saturated carbocycles. The number of likely N-dealkylation sites (tertiary alicyclic amines) is 1. The monoisotopic (exact) mass is 1080 g/mol. The van der Waals surface area contributed by atoms with E-state index in [0.717, 1.165) is 60.8 Å². The van der Waals surface area contributed by atoms with Gasteiger partial charge in [-0.2, -0.15) is 0 Å². The van der Waals surface area contributed by atoms with E-state index in [2.05, 4.69) is 55.4 Å². The summed E-state index contributed by atoms with van der Waals surface area (Å²) in [6.45, 7) is 9.34. The Bertz CT molecular complexity index is 2860. The van der Waals surface area contributed by atoms with Gasteiger partial charge in [0.25, 0.3) is 5.91 Å². The molecule has 0 unspecified atom stereocenters. The number of ether oxygens (including phenoxy) is 1. The lowest BCUT2D eigenvalue weighted by Crippen LogP contribution is -2.59. The lowest BCUT2D eigenvalue weighted by molar-refractivity contribution is -0.144. The molecule has 0 radical (unpaired) electrons. The maximum atomic E-state index is 14.6. The zero-order valence-corrected chi connectivity index (χ0v) is 46.9. The third-order valence-electron chi connectivity index (χ3n) is 16.4. The number of aryl methyl sites for hydroxylation is 2. The number of hydrogen-bond donors (Lipinski definition) is 7. The van der Waals surface area contributed by atoms with Gasteiger partial charge in [-0.25, -0.2) is 0 Å². The van der Waals surface area contributed by atoms with Crippen molar-refractivity contribution in [3.63, 3.8) is 0 Å². The van der Waals surface area contributed by atoms with Crippen molar-refractivity contribution in [2.75, 3.05) is 20.6 Å². The lowest BCUT2D eigenvalue weighted by Gasteiger charge is -2.36. The first-order chi connectivity index (χ1) is 37.9. The van der Waals surface area contributed by atoms with Gasteiger partial charge < -0.3 is 46.9 Å². The molecule has 7 N–H and O–H groups in total. The highest BCUT2D eigenvalue weighted by atomic mass is 16.5. The minimum atomic E-state index is -0.941. The summed E-state index contributed by atoms with van der Waals surface area (Å²) in [6.07, 6.45) is 10.6. The van der Waals surface area contributed by atoms with Crippen LogP contribution in [0.5, 0.6) is 5.75 Å². The van der Waals surface area contributed by atoms with E-state index in [1.54, 1.807) is 40.1 Å². The molecule has 1 aliphatic heterocycles. The number of benzene rings is 4. The number of hydrogen-bond acceptors (Lipinski definition) is 10. The summed E-state index contributed by atoms with van der Waals surface area (Å²) in [7, 11) is 3.36. The van der Waals surface area contributed by atoms with E-state index in [1.807, 2.05) is 99.7 Å². The van der Waals surface area contributed by atoms with Gasteiger partial charge in [-0.3, -0.25) is 33.6 Å². The van der Waals surface area contributed by atoms with Crippen LogP contribution in [0.1, 0.15) is 135 Å². The van der Waals surface area contributed by atoms with E-state index in [4.69, 9.17) is 4.74 Å². The number of carbonyl (C=O) groups is 7. The third-order valence-corrected chi connectivity index (χ3v) is 16.4. The highest BCUT2D eigenvalue weighted by molar-refractivity contribution is 5.97. The Morgan fingerprint density at radius 3 is 1.77 bits per heavy atom. The average Bonchev–Trinajstić information content (AvgIpc) is 4.06. The van der Waals surface area contributed by atoms with Gasteiger partial charge in [-0.15, -0.1) is 0 Å². The molecule has 16 nitrogen and oxygen atoms in total. The summed E-state index contributed by atoms with van der Waals surface area (Å²) in [6, 6.07) is 26.0. The van der Waals surface area contributed by atoms with Crippen LogP contribution in [0.3, 0.4) is 0 Å². The number of nitrogens with zero attached hydrogens (tertiary/aromatic N) is 1. The predicted molar refractivity (Wildman–Crippen MR) is 304 cm³/mol. The quantitative estimate of drug-likeness (QED) is 0.0492. The van der Waals surface area contributed by atoms with Crippen LogP contribution in [0, 0.1) is 17.3 Å². The average molecular weight is 1080 g/mol. The normalized spacial score (nSPS) is 22.1. The Labute approximate surface area is 465 Å². The minimum absolute atomic E-state index is 0.0770. The summed E-state index contributed by atoms with van der Waals surface area (Å²) in [5.41, 5.74) is 5.94. The molecule has 0 bridgehead atoms. The van der Waals surface area contributed by atoms with Crippen LogP contribution in [0.25, 0.3) is 0 Å². The Morgan fingerprint density at radius 2 is 1.19 bits per heavy atom. The third kappa shape index (κ3) is 14.4. The van der Waals surface area contributed by atoms with Crippen molar-refractivity contribution in [1.29, 1.82) is 0 Å². The topological polar surface area (TPSA) is 216 Å². The van der Waals surface area contributed by atoms with Crippen LogP contribution in [0.2, 0.25) is 0 Å². The van der Waals surface area contributed by atoms with E-state index < -0.39 is 59.4 Å². The largest absolute Gasteiger partial charge is 0.489 e. The van der Waals surface area contributed by atoms with Gasteiger partial charge in [0, 0.05) is 24.1 Å². The SMILES string of the molecule is CN[C@@H](C)C(=O)N[C@@H](Cc1ccc(OCc2ccc(C(=O)N[C@H]3C[C@@H](C(=O)N[C@@H]4CCCc5ccccc54)N(C(=O)[C@@H](NC(=O)[C@H](C)NC)C(C)(C)C)C3)cc2)cc1)C(=O)[C@@H]1CC=CC[C@@H]1C(=O)N[C@@H]1CCCc2ccccc21. The smallest absolute Gasteiger partial charge is 0.251 e. The number of rotatable bonds is 20. The molecule has 420 valence electrons. The first-order valence-corrected chi connectivity index (χ1v) is 28.2. The molecule has 3 aliphatic carbocycles. The predicted octanol–water partition coefficient (Wildman–Crippen LogP) is 6.28. The Kier molecular flexibility index (Phi) is 19.2. The number of nitrogens with one attached hydrogen (secondary N) is 7. The van der Waals surface area contributed by atoms with Crippen molar-refractivity contribution in [3.05, 3.63) is 148 Å². The number of fused-ring (bicyclic) bond motifs is 2. The van der Waals surface area contributed by atoms with Crippen molar-refractivity contribution >= 4 is 41.2 Å². The van der Waals surface area contributed by atoms with Crippen LogP contribution >= 0.6 is 0 Å². The van der Waals surface area contributed by atoms with E-state index >= 15 is 0 Å². The van der Waals surface area contributed by atoms with E-state index in [0.29, 0.717) is 24.2 Å². The number of ketones is 1. The van der Waals surface area contributed by atoms with E-state index in [-0.39, 0.29) is 73.4 Å². The second-order valence-electron chi connectivity index (χ2n) is 23.0. The Balaban J connectivity index is 0.893. The highest BCUT2D eigenvalue weighted by Gasteiger charge is 2.46. The zero-order chi connectivity index (χ0) is 56.4. The molecule has 0 spiro atoms. The molecule has 4 aromatic carbocycles. The molecule has 79 heavy (non-hydrogen) atoms. The van der Waals surface area contributed by atoms with E-state index in [9.17, 15) is 33.6 Å². The molecule has 10 atom stereocenters. The second-order valence-corrected chi connectivity index (χ2v) is 23.0. The van der Waals surface area contributed by atoms with Gasteiger partial charge in [-0.1, -0.05) is 106 Å². The summed E-state index contributed by atoms with van der Waals surface area (Å²) in [5, 5.41) is 21.4. The van der Waals surface area contributed by atoms with Crippen LogP contribution in [0.15, 0.2) is 109 Å². The maximum Gasteiger partial charge on any atom is 0.251 e. The maximum absolute atomic E-state index is 14.6. The number of likely N-dealkylation sites (N-methyl/N-ethyl adjacent to an activating group) is 2. The van der Waals surface area contributed by atoms with Crippen molar-refractivity contribution < 1.29 is 38.3 Å². The number of allylic oxidation sites excluding steroid dienone is 2. The van der Waals surface area contributed by atoms with Crippen molar-refractivity contribution in [2.45, 2.75) is 154 Å².